The van der Waals surface area contributed by atoms with Gasteiger partial charge in [-0.3, -0.25) is 0 Å². The lowest BCUT2D eigenvalue weighted by molar-refractivity contribution is 0.571. The van der Waals surface area contributed by atoms with Crippen LogP contribution in [0.2, 0.25) is 5.02 Å². The highest BCUT2D eigenvalue weighted by Crippen LogP contribution is 2.21. The normalized spacial score (nSPS) is 13.3. The molecule has 0 spiro atoms. The summed E-state index contributed by atoms with van der Waals surface area (Å²) in [6, 6.07) is 4.75. The molecule has 0 radical (unpaired) electrons. The van der Waals surface area contributed by atoms with Crippen molar-refractivity contribution in [3.05, 3.63) is 28.8 Å². The molecule has 0 aromatic heterocycles. The highest BCUT2D eigenvalue weighted by molar-refractivity contribution is 7.99. The first kappa shape index (κ1) is 18.8. The summed E-state index contributed by atoms with van der Waals surface area (Å²) in [6.45, 7) is 7.39. The van der Waals surface area contributed by atoms with E-state index in [9.17, 15) is 8.42 Å². The maximum absolute atomic E-state index is 12.3. The summed E-state index contributed by atoms with van der Waals surface area (Å²) in [7, 11) is -3.52. The molecule has 0 aliphatic carbocycles. The zero-order chi connectivity index (χ0) is 15.9. The van der Waals surface area contributed by atoms with Crippen LogP contribution in [0, 0.1) is 0 Å². The Morgan fingerprint density at radius 1 is 1.33 bits per heavy atom. The van der Waals surface area contributed by atoms with E-state index in [1.165, 1.54) is 6.07 Å². The fourth-order valence-electron chi connectivity index (χ4n) is 1.76. The molecule has 120 valence electrons. The van der Waals surface area contributed by atoms with E-state index in [-0.39, 0.29) is 10.9 Å². The summed E-state index contributed by atoms with van der Waals surface area (Å²) in [4.78, 5) is 0.209. The van der Waals surface area contributed by atoms with Gasteiger partial charge in [-0.15, -0.1) is 0 Å². The van der Waals surface area contributed by atoms with Crippen LogP contribution in [-0.2, 0) is 16.6 Å². The second-order valence-corrected chi connectivity index (χ2v) is 8.16. The third-order valence-corrected chi connectivity index (χ3v) is 5.91. The number of benzene rings is 1. The predicted molar refractivity (Wildman–Crippen MR) is 91.6 cm³/mol. The van der Waals surface area contributed by atoms with Gasteiger partial charge in [-0.25, -0.2) is 13.1 Å². The molecule has 0 aliphatic rings. The van der Waals surface area contributed by atoms with Crippen LogP contribution in [-0.4, -0.2) is 32.5 Å². The average Bonchev–Trinajstić information content (AvgIpc) is 2.43. The molecule has 0 heterocycles. The molecule has 7 heteroatoms. The zero-order valence-corrected chi connectivity index (χ0v) is 15.0. The van der Waals surface area contributed by atoms with E-state index in [2.05, 4.69) is 17.0 Å². The molecule has 4 nitrogen and oxygen atoms in total. The van der Waals surface area contributed by atoms with Gasteiger partial charge in [-0.1, -0.05) is 31.5 Å². The lowest BCUT2D eigenvalue weighted by Gasteiger charge is -2.14. The molecular weight excluding hydrogens is 328 g/mol. The minimum absolute atomic E-state index is 0.111. The highest BCUT2D eigenvalue weighted by atomic mass is 35.5. The van der Waals surface area contributed by atoms with Crippen LogP contribution in [0.4, 0.5) is 0 Å². The fraction of sp³-hybridized carbons (Fsp3) is 0.571. The van der Waals surface area contributed by atoms with Crippen molar-refractivity contribution < 1.29 is 8.42 Å². The first-order valence-electron chi connectivity index (χ1n) is 7.00. The van der Waals surface area contributed by atoms with E-state index in [1.807, 2.05) is 13.8 Å². The van der Waals surface area contributed by atoms with E-state index >= 15 is 0 Å². The first-order chi connectivity index (χ1) is 9.90. The molecule has 1 unspecified atom stereocenters. The van der Waals surface area contributed by atoms with Crippen LogP contribution in [0.5, 0.6) is 0 Å². The SMILES string of the molecule is CCNCc1ccc(S(=O)(=O)NC(C)CSCC)cc1Cl. The quantitative estimate of drug-likeness (QED) is 0.719. The van der Waals surface area contributed by atoms with Crippen LogP contribution in [0.15, 0.2) is 23.1 Å². The van der Waals surface area contributed by atoms with Gasteiger partial charge in [-0.05, 0) is 36.9 Å². The van der Waals surface area contributed by atoms with Gasteiger partial charge in [0.1, 0.15) is 0 Å². The number of nitrogens with one attached hydrogen (secondary N) is 2. The van der Waals surface area contributed by atoms with E-state index in [0.717, 1.165) is 23.6 Å². The Labute approximate surface area is 137 Å². The molecule has 1 aromatic rings. The van der Waals surface area contributed by atoms with Crippen molar-refractivity contribution in [3.8, 4) is 0 Å². The van der Waals surface area contributed by atoms with E-state index in [1.54, 1.807) is 23.9 Å². The van der Waals surface area contributed by atoms with Crippen LogP contribution in [0.1, 0.15) is 26.3 Å². The minimum atomic E-state index is -3.52. The zero-order valence-electron chi connectivity index (χ0n) is 12.6. The maximum atomic E-state index is 12.3. The van der Waals surface area contributed by atoms with Crippen LogP contribution < -0.4 is 10.0 Å². The molecule has 0 fully saturated rings. The third kappa shape index (κ3) is 6.16. The van der Waals surface area contributed by atoms with Gasteiger partial charge in [-0.2, -0.15) is 11.8 Å². The largest absolute Gasteiger partial charge is 0.313 e. The predicted octanol–water partition coefficient (Wildman–Crippen LogP) is 2.87. The molecule has 1 rings (SSSR count). The number of hydrogen-bond acceptors (Lipinski definition) is 4. The summed E-state index contributed by atoms with van der Waals surface area (Å²) in [5.41, 5.74) is 0.895. The molecule has 0 saturated heterocycles. The lowest BCUT2D eigenvalue weighted by atomic mass is 10.2. The fourth-order valence-corrected chi connectivity index (χ4v) is 4.12. The molecule has 0 amide bonds. The maximum Gasteiger partial charge on any atom is 0.240 e. The molecule has 0 aliphatic heterocycles. The third-order valence-electron chi connectivity index (χ3n) is 2.83. The van der Waals surface area contributed by atoms with Crippen LogP contribution >= 0.6 is 23.4 Å². The van der Waals surface area contributed by atoms with E-state index in [4.69, 9.17) is 11.6 Å². The summed E-state index contributed by atoms with van der Waals surface area (Å²) >= 11 is 7.86. The van der Waals surface area contributed by atoms with Crippen molar-refractivity contribution in [3.63, 3.8) is 0 Å². The minimum Gasteiger partial charge on any atom is -0.313 e. The van der Waals surface area contributed by atoms with Gasteiger partial charge in [0.05, 0.1) is 4.90 Å². The van der Waals surface area contributed by atoms with Gasteiger partial charge < -0.3 is 5.32 Å². The standard InChI is InChI=1S/C14H23ClN2O2S2/c1-4-16-9-12-6-7-13(8-14(12)15)21(18,19)17-11(3)10-20-5-2/h6-8,11,16-17H,4-5,9-10H2,1-3H3. The Hall–Kier alpha value is -0.270. The van der Waals surface area contributed by atoms with Crippen molar-refractivity contribution in [2.24, 2.45) is 0 Å². The van der Waals surface area contributed by atoms with Crippen LogP contribution in [0.25, 0.3) is 0 Å². The molecule has 21 heavy (non-hydrogen) atoms. The molecule has 0 bridgehead atoms. The van der Waals surface area contributed by atoms with Crippen molar-refractivity contribution in [1.82, 2.24) is 10.0 Å². The number of sulfonamides is 1. The Morgan fingerprint density at radius 3 is 2.62 bits per heavy atom. The van der Waals surface area contributed by atoms with Crippen molar-refractivity contribution in [2.75, 3.05) is 18.1 Å². The second-order valence-electron chi connectivity index (χ2n) is 4.72. The van der Waals surface area contributed by atoms with Gasteiger partial charge in [0.25, 0.3) is 0 Å². The second kappa shape index (κ2) is 9.00. The summed E-state index contributed by atoms with van der Waals surface area (Å²) < 4.78 is 27.3. The van der Waals surface area contributed by atoms with Crippen LogP contribution in [0.3, 0.4) is 0 Å². The Morgan fingerprint density at radius 2 is 2.05 bits per heavy atom. The summed E-state index contributed by atoms with van der Waals surface area (Å²) in [6.07, 6.45) is 0. The van der Waals surface area contributed by atoms with Crippen molar-refractivity contribution in [2.45, 2.75) is 38.3 Å². The number of thioether (sulfide) groups is 1. The highest BCUT2D eigenvalue weighted by Gasteiger charge is 2.18. The van der Waals surface area contributed by atoms with E-state index in [0.29, 0.717) is 11.6 Å². The Bertz CT molecular complexity index is 550. The monoisotopic (exact) mass is 350 g/mol. The summed E-state index contributed by atoms with van der Waals surface area (Å²) in [5, 5.41) is 3.63. The van der Waals surface area contributed by atoms with Gasteiger partial charge in [0.2, 0.25) is 10.0 Å². The Kier molecular flexibility index (Phi) is 8.05. The lowest BCUT2D eigenvalue weighted by Crippen LogP contribution is -2.34. The Balaban J connectivity index is 2.81. The smallest absolute Gasteiger partial charge is 0.240 e. The van der Waals surface area contributed by atoms with Gasteiger partial charge >= 0.3 is 0 Å². The first-order valence-corrected chi connectivity index (χ1v) is 10.0. The van der Waals surface area contributed by atoms with Gasteiger partial charge in [0.15, 0.2) is 0 Å². The van der Waals surface area contributed by atoms with E-state index < -0.39 is 10.0 Å². The van der Waals surface area contributed by atoms with Crippen molar-refractivity contribution in [1.29, 1.82) is 0 Å². The molecule has 0 saturated carbocycles. The molecule has 1 atom stereocenters. The number of rotatable bonds is 9. The molecular formula is C14H23ClN2O2S2. The molecule has 1 aromatic carbocycles. The van der Waals surface area contributed by atoms with Gasteiger partial charge in [0, 0.05) is 23.4 Å². The number of hydrogen-bond donors (Lipinski definition) is 2. The number of halogens is 1. The average molecular weight is 351 g/mol. The molecule has 2 N–H and O–H groups in total. The topological polar surface area (TPSA) is 58.2 Å². The summed E-state index contributed by atoms with van der Waals surface area (Å²) in [5.74, 6) is 1.72. The van der Waals surface area contributed by atoms with Crippen molar-refractivity contribution >= 4 is 33.4 Å².